The van der Waals surface area contributed by atoms with Crippen molar-refractivity contribution >= 4 is 28.0 Å². The van der Waals surface area contributed by atoms with Crippen molar-refractivity contribution in [2.24, 2.45) is 0 Å². The van der Waals surface area contributed by atoms with E-state index in [9.17, 15) is 0 Å². The van der Waals surface area contributed by atoms with Crippen LogP contribution in [0.25, 0.3) is 10.9 Å². The molecule has 0 amide bonds. The number of anilines is 3. The number of ether oxygens (including phenoxy) is 1. The van der Waals surface area contributed by atoms with Gasteiger partial charge in [0, 0.05) is 29.0 Å². The first-order valence-electron chi connectivity index (χ1n) is 6.32. The third-order valence-electron chi connectivity index (χ3n) is 3.15. The molecule has 20 heavy (non-hydrogen) atoms. The van der Waals surface area contributed by atoms with E-state index in [1.165, 1.54) is 0 Å². The maximum Gasteiger partial charge on any atom is 0.120 e. The second kappa shape index (κ2) is 5.09. The maximum atomic E-state index is 5.95. The van der Waals surface area contributed by atoms with Gasteiger partial charge in [0.1, 0.15) is 5.75 Å². The van der Waals surface area contributed by atoms with E-state index in [2.05, 4.69) is 10.3 Å². The minimum absolute atomic E-state index is 0.678. The molecule has 0 bridgehead atoms. The molecule has 4 heteroatoms. The van der Waals surface area contributed by atoms with Crippen LogP contribution in [0.3, 0.4) is 0 Å². The van der Waals surface area contributed by atoms with E-state index in [4.69, 9.17) is 10.5 Å². The van der Waals surface area contributed by atoms with Crippen LogP contribution in [0.5, 0.6) is 5.75 Å². The fourth-order valence-corrected chi connectivity index (χ4v) is 2.16. The van der Waals surface area contributed by atoms with Gasteiger partial charge in [-0.3, -0.25) is 4.98 Å². The SMILES string of the molecule is COc1cccc(Nc2ccc(N)c3ncccc23)c1. The van der Waals surface area contributed by atoms with E-state index in [0.29, 0.717) is 5.69 Å². The number of methoxy groups -OCH3 is 1. The van der Waals surface area contributed by atoms with Crippen molar-refractivity contribution in [3.8, 4) is 5.75 Å². The summed E-state index contributed by atoms with van der Waals surface area (Å²) >= 11 is 0. The van der Waals surface area contributed by atoms with Gasteiger partial charge in [-0.1, -0.05) is 6.07 Å². The van der Waals surface area contributed by atoms with Crippen LogP contribution in [0.4, 0.5) is 17.1 Å². The Bertz CT molecular complexity index is 756. The van der Waals surface area contributed by atoms with E-state index in [-0.39, 0.29) is 0 Å². The third-order valence-corrected chi connectivity index (χ3v) is 3.15. The summed E-state index contributed by atoms with van der Waals surface area (Å²) in [5, 5.41) is 4.37. The van der Waals surface area contributed by atoms with Crippen molar-refractivity contribution in [3.63, 3.8) is 0 Å². The summed E-state index contributed by atoms with van der Waals surface area (Å²) in [6.07, 6.45) is 1.74. The highest BCUT2D eigenvalue weighted by molar-refractivity contribution is 5.99. The number of nitrogen functional groups attached to an aromatic ring is 1. The molecule has 0 aliphatic carbocycles. The quantitative estimate of drug-likeness (QED) is 0.711. The second-order valence-corrected chi connectivity index (χ2v) is 4.46. The summed E-state index contributed by atoms with van der Waals surface area (Å²) in [5.41, 5.74) is 9.36. The zero-order valence-electron chi connectivity index (χ0n) is 11.1. The summed E-state index contributed by atoms with van der Waals surface area (Å²) in [6, 6.07) is 15.5. The second-order valence-electron chi connectivity index (χ2n) is 4.46. The van der Waals surface area contributed by atoms with Crippen molar-refractivity contribution in [2.75, 3.05) is 18.2 Å². The molecule has 0 saturated heterocycles. The van der Waals surface area contributed by atoms with Crippen LogP contribution in [0.15, 0.2) is 54.7 Å². The molecular weight excluding hydrogens is 250 g/mol. The molecule has 0 saturated carbocycles. The maximum absolute atomic E-state index is 5.95. The van der Waals surface area contributed by atoms with Crippen LogP contribution in [0, 0.1) is 0 Å². The van der Waals surface area contributed by atoms with Gasteiger partial charge in [-0.2, -0.15) is 0 Å². The van der Waals surface area contributed by atoms with E-state index in [1.807, 2.05) is 48.5 Å². The first-order valence-corrected chi connectivity index (χ1v) is 6.32. The number of aromatic nitrogens is 1. The molecule has 3 aromatic rings. The van der Waals surface area contributed by atoms with Crippen LogP contribution >= 0.6 is 0 Å². The highest BCUT2D eigenvalue weighted by Gasteiger charge is 2.05. The highest BCUT2D eigenvalue weighted by atomic mass is 16.5. The monoisotopic (exact) mass is 265 g/mol. The highest BCUT2D eigenvalue weighted by Crippen LogP contribution is 2.29. The zero-order chi connectivity index (χ0) is 13.9. The lowest BCUT2D eigenvalue weighted by molar-refractivity contribution is 0.415. The molecule has 0 unspecified atom stereocenters. The Hall–Kier alpha value is -2.75. The molecule has 0 radical (unpaired) electrons. The molecule has 2 aromatic carbocycles. The molecule has 100 valence electrons. The van der Waals surface area contributed by atoms with Crippen LogP contribution in [-0.4, -0.2) is 12.1 Å². The first kappa shape index (κ1) is 12.3. The van der Waals surface area contributed by atoms with Crippen LogP contribution in [0.2, 0.25) is 0 Å². The number of hydrogen-bond donors (Lipinski definition) is 2. The van der Waals surface area contributed by atoms with Crippen molar-refractivity contribution in [1.29, 1.82) is 0 Å². The number of nitrogens with zero attached hydrogens (tertiary/aromatic N) is 1. The van der Waals surface area contributed by atoms with Crippen molar-refractivity contribution in [2.45, 2.75) is 0 Å². The van der Waals surface area contributed by atoms with Gasteiger partial charge in [0.15, 0.2) is 0 Å². The van der Waals surface area contributed by atoms with Crippen molar-refractivity contribution in [3.05, 3.63) is 54.7 Å². The number of benzene rings is 2. The van der Waals surface area contributed by atoms with Gasteiger partial charge in [0.05, 0.1) is 18.3 Å². The summed E-state index contributed by atoms with van der Waals surface area (Å²) < 4.78 is 5.23. The molecule has 3 rings (SSSR count). The summed E-state index contributed by atoms with van der Waals surface area (Å²) in [4.78, 5) is 4.33. The van der Waals surface area contributed by atoms with Crippen molar-refractivity contribution < 1.29 is 4.74 Å². The fourth-order valence-electron chi connectivity index (χ4n) is 2.16. The first-order chi connectivity index (χ1) is 9.78. The summed E-state index contributed by atoms with van der Waals surface area (Å²) in [5.74, 6) is 0.813. The lowest BCUT2D eigenvalue weighted by atomic mass is 10.1. The fraction of sp³-hybridized carbons (Fsp3) is 0.0625. The Morgan fingerprint density at radius 3 is 2.85 bits per heavy atom. The molecule has 0 fully saturated rings. The minimum atomic E-state index is 0.678. The van der Waals surface area contributed by atoms with E-state index in [0.717, 1.165) is 28.0 Å². The van der Waals surface area contributed by atoms with Gasteiger partial charge in [-0.05, 0) is 36.4 Å². The average Bonchev–Trinajstić information content (AvgIpc) is 2.51. The van der Waals surface area contributed by atoms with Gasteiger partial charge in [0.2, 0.25) is 0 Å². The Morgan fingerprint density at radius 1 is 1.10 bits per heavy atom. The smallest absolute Gasteiger partial charge is 0.120 e. The topological polar surface area (TPSA) is 60.2 Å². The largest absolute Gasteiger partial charge is 0.497 e. The molecule has 0 aliphatic rings. The van der Waals surface area contributed by atoms with Gasteiger partial charge in [0.25, 0.3) is 0 Å². The number of pyridine rings is 1. The van der Waals surface area contributed by atoms with Gasteiger partial charge in [-0.25, -0.2) is 0 Å². The Kier molecular flexibility index (Phi) is 3.13. The predicted molar refractivity (Wildman–Crippen MR) is 82.4 cm³/mol. The number of nitrogens with two attached hydrogens (primary N) is 1. The number of hydrogen-bond acceptors (Lipinski definition) is 4. The lowest BCUT2D eigenvalue weighted by Gasteiger charge is -2.11. The van der Waals surface area contributed by atoms with Gasteiger partial charge >= 0.3 is 0 Å². The molecule has 0 atom stereocenters. The Balaban J connectivity index is 2.04. The lowest BCUT2D eigenvalue weighted by Crippen LogP contribution is -1.95. The minimum Gasteiger partial charge on any atom is -0.497 e. The third kappa shape index (κ3) is 2.23. The van der Waals surface area contributed by atoms with Crippen LogP contribution in [-0.2, 0) is 0 Å². The van der Waals surface area contributed by atoms with E-state index < -0.39 is 0 Å². The van der Waals surface area contributed by atoms with Gasteiger partial charge in [-0.15, -0.1) is 0 Å². The molecule has 0 spiro atoms. The number of fused-ring (bicyclic) bond motifs is 1. The molecule has 4 nitrogen and oxygen atoms in total. The van der Waals surface area contributed by atoms with E-state index >= 15 is 0 Å². The standard InChI is InChI=1S/C16H15N3O/c1-20-12-5-2-4-11(10-12)19-15-8-7-14(17)16-13(15)6-3-9-18-16/h2-10,19H,17H2,1H3. The Labute approximate surface area is 117 Å². The molecular formula is C16H15N3O. The summed E-state index contributed by atoms with van der Waals surface area (Å²) in [7, 11) is 1.65. The summed E-state index contributed by atoms with van der Waals surface area (Å²) in [6.45, 7) is 0. The average molecular weight is 265 g/mol. The van der Waals surface area contributed by atoms with Gasteiger partial charge < -0.3 is 15.8 Å². The number of rotatable bonds is 3. The van der Waals surface area contributed by atoms with Crippen molar-refractivity contribution in [1.82, 2.24) is 4.98 Å². The normalized spacial score (nSPS) is 10.4. The van der Waals surface area contributed by atoms with Crippen LogP contribution in [0.1, 0.15) is 0 Å². The molecule has 3 N–H and O–H groups in total. The number of nitrogens with one attached hydrogen (secondary N) is 1. The Morgan fingerprint density at radius 2 is 2.00 bits per heavy atom. The zero-order valence-corrected chi connectivity index (χ0v) is 11.1. The molecule has 0 aliphatic heterocycles. The van der Waals surface area contributed by atoms with E-state index in [1.54, 1.807) is 13.3 Å². The molecule has 1 aromatic heterocycles. The molecule has 1 heterocycles. The van der Waals surface area contributed by atoms with Crippen LogP contribution < -0.4 is 15.8 Å². The predicted octanol–water partition coefficient (Wildman–Crippen LogP) is 3.57.